The summed E-state index contributed by atoms with van der Waals surface area (Å²) in [5.74, 6) is -0.239. The van der Waals surface area contributed by atoms with E-state index in [-0.39, 0.29) is 23.8 Å². The Kier molecular flexibility index (Phi) is 8.43. The monoisotopic (exact) mass is 601 g/mol. The van der Waals surface area contributed by atoms with Crippen LogP contribution in [0.5, 0.6) is 0 Å². The molecule has 0 radical (unpaired) electrons. The van der Waals surface area contributed by atoms with Gasteiger partial charge in [0.2, 0.25) is 5.91 Å². The zero-order valence-corrected chi connectivity index (χ0v) is 25.6. The van der Waals surface area contributed by atoms with Crippen LogP contribution in [0, 0.1) is 0 Å². The topological polar surface area (TPSA) is 67.4 Å². The van der Waals surface area contributed by atoms with Crippen LogP contribution >= 0.6 is 0 Å². The standard InChI is InChI=1S/C37H39N5O3/c43-33(40-22-24-41(25-23-40)35(29-9-3-1-4-10-29)30-11-5-2-6-12-30)27-39-19-17-38(18-20-39)21-26-42-36(44)31-15-7-13-28-14-8-16-32(34(28)31)37(42)45/h1-16,35H,17-27H2. The van der Waals surface area contributed by atoms with E-state index >= 15 is 0 Å². The summed E-state index contributed by atoms with van der Waals surface area (Å²) in [6, 6.07) is 32.7. The number of hydrogen-bond acceptors (Lipinski definition) is 6. The van der Waals surface area contributed by atoms with Crippen molar-refractivity contribution in [1.82, 2.24) is 24.5 Å². The van der Waals surface area contributed by atoms with Gasteiger partial charge in [0, 0.05) is 82.0 Å². The van der Waals surface area contributed by atoms with Crippen molar-refractivity contribution in [3.05, 3.63) is 119 Å². The minimum atomic E-state index is -0.215. The van der Waals surface area contributed by atoms with E-state index in [1.54, 1.807) is 0 Å². The van der Waals surface area contributed by atoms with E-state index in [1.165, 1.54) is 16.0 Å². The molecule has 0 unspecified atom stereocenters. The fraction of sp³-hybridized carbons (Fsp3) is 0.324. The minimum Gasteiger partial charge on any atom is -0.339 e. The molecular formula is C37H39N5O3. The Morgan fingerprint density at radius 1 is 0.578 bits per heavy atom. The Bertz CT molecular complexity index is 1590. The lowest BCUT2D eigenvalue weighted by Crippen LogP contribution is -2.55. The molecule has 4 aromatic rings. The second-order valence-corrected chi connectivity index (χ2v) is 12.2. The Morgan fingerprint density at radius 3 is 1.67 bits per heavy atom. The van der Waals surface area contributed by atoms with Crippen molar-refractivity contribution in [2.45, 2.75) is 6.04 Å². The highest BCUT2D eigenvalue weighted by Crippen LogP contribution is 2.31. The summed E-state index contributed by atoms with van der Waals surface area (Å²) in [5.41, 5.74) is 3.75. The van der Waals surface area contributed by atoms with Gasteiger partial charge in [0.1, 0.15) is 0 Å². The van der Waals surface area contributed by atoms with Gasteiger partial charge in [-0.1, -0.05) is 84.9 Å². The Morgan fingerprint density at radius 2 is 1.11 bits per heavy atom. The molecule has 230 valence electrons. The zero-order valence-electron chi connectivity index (χ0n) is 25.6. The van der Waals surface area contributed by atoms with Crippen molar-refractivity contribution in [3.8, 4) is 0 Å². The summed E-state index contributed by atoms with van der Waals surface area (Å²) in [5, 5.41) is 1.68. The van der Waals surface area contributed by atoms with Gasteiger partial charge >= 0.3 is 0 Å². The molecular weight excluding hydrogens is 562 g/mol. The molecule has 0 spiro atoms. The number of hydrogen-bond donors (Lipinski definition) is 0. The van der Waals surface area contributed by atoms with Gasteiger partial charge in [-0.15, -0.1) is 0 Å². The molecule has 8 heteroatoms. The van der Waals surface area contributed by atoms with Gasteiger partial charge in [-0.05, 0) is 28.6 Å². The maximum Gasteiger partial charge on any atom is 0.261 e. The summed E-state index contributed by atoms with van der Waals surface area (Å²) in [4.78, 5) is 50.2. The second-order valence-electron chi connectivity index (χ2n) is 12.2. The predicted octanol–water partition coefficient (Wildman–Crippen LogP) is 3.99. The first-order valence-electron chi connectivity index (χ1n) is 16.0. The SMILES string of the molecule is O=C(CN1CCN(CCN2C(=O)c3cccc4cccc(c34)C2=O)CC1)N1CCN(C(c2ccccc2)c2ccccc2)CC1. The molecule has 3 aliphatic heterocycles. The van der Waals surface area contributed by atoms with Crippen LogP contribution in [0.15, 0.2) is 97.1 Å². The van der Waals surface area contributed by atoms with E-state index in [1.807, 2.05) is 41.3 Å². The van der Waals surface area contributed by atoms with Gasteiger partial charge in [-0.2, -0.15) is 0 Å². The highest BCUT2D eigenvalue weighted by atomic mass is 16.2. The zero-order chi connectivity index (χ0) is 30.8. The number of benzene rings is 4. The molecule has 0 bridgehead atoms. The van der Waals surface area contributed by atoms with Crippen LogP contribution in [-0.4, -0.2) is 114 Å². The molecule has 7 rings (SSSR count). The summed E-state index contributed by atoms with van der Waals surface area (Å²) in [6.07, 6.45) is 0. The molecule has 0 aromatic heterocycles. The van der Waals surface area contributed by atoms with Crippen LogP contribution in [0.3, 0.4) is 0 Å². The van der Waals surface area contributed by atoms with Crippen LogP contribution < -0.4 is 0 Å². The number of carbonyl (C=O) groups excluding carboxylic acids is 3. The number of carbonyl (C=O) groups is 3. The molecule has 4 aromatic carbocycles. The molecule has 8 nitrogen and oxygen atoms in total. The third-order valence-electron chi connectivity index (χ3n) is 9.58. The van der Waals surface area contributed by atoms with Gasteiger partial charge in [0.25, 0.3) is 11.8 Å². The van der Waals surface area contributed by atoms with Crippen LogP contribution in [0.1, 0.15) is 37.9 Å². The third-order valence-corrected chi connectivity index (χ3v) is 9.58. The van der Waals surface area contributed by atoms with E-state index in [0.717, 1.165) is 63.1 Å². The highest BCUT2D eigenvalue weighted by Gasteiger charge is 2.33. The first-order valence-corrected chi connectivity index (χ1v) is 16.0. The van der Waals surface area contributed by atoms with Crippen molar-refractivity contribution < 1.29 is 14.4 Å². The summed E-state index contributed by atoms with van der Waals surface area (Å²) in [6.45, 7) is 7.73. The smallest absolute Gasteiger partial charge is 0.261 e. The van der Waals surface area contributed by atoms with Crippen LogP contribution in [0.2, 0.25) is 0 Å². The third kappa shape index (κ3) is 6.01. The summed E-state index contributed by atoms with van der Waals surface area (Å²) < 4.78 is 0. The van der Waals surface area contributed by atoms with Crippen molar-refractivity contribution in [2.75, 3.05) is 72.0 Å². The Balaban J connectivity index is 0.890. The summed E-state index contributed by atoms with van der Waals surface area (Å²) in [7, 11) is 0. The predicted molar refractivity (Wildman–Crippen MR) is 175 cm³/mol. The maximum absolute atomic E-state index is 13.3. The summed E-state index contributed by atoms with van der Waals surface area (Å²) >= 11 is 0. The van der Waals surface area contributed by atoms with Gasteiger partial charge in [-0.25, -0.2) is 0 Å². The quantitative estimate of drug-likeness (QED) is 0.285. The van der Waals surface area contributed by atoms with E-state index in [2.05, 4.69) is 75.4 Å². The number of amides is 3. The fourth-order valence-electron chi connectivity index (χ4n) is 7.10. The fourth-order valence-corrected chi connectivity index (χ4v) is 7.10. The normalized spacial score (nSPS) is 18.2. The number of rotatable bonds is 8. The molecule has 2 fully saturated rings. The average molecular weight is 602 g/mol. The minimum absolute atomic E-state index is 0.177. The Labute approximate surface area is 264 Å². The van der Waals surface area contributed by atoms with Gasteiger partial charge < -0.3 is 4.90 Å². The van der Waals surface area contributed by atoms with Crippen LogP contribution in [0.25, 0.3) is 10.8 Å². The van der Waals surface area contributed by atoms with Gasteiger partial charge in [0.15, 0.2) is 0 Å². The largest absolute Gasteiger partial charge is 0.339 e. The van der Waals surface area contributed by atoms with E-state index in [0.29, 0.717) is 30.8 Å². The molecule has 0 aliphatic carbocycles. The maximum atomic E-state index is 13.3. The molecule has 3 aliphatic rings. The first kappa shape index (κ1) is 29.3. The van der Waals surface area contributed by atoms with E-state index < -0.39 is 0 Å². The molecule has 3 amide bonds. The molecule has 3 heterocycles. The van der Waals surface area contributed by atoms with Crippen LogP contribution in [0.4, 0.5) is 0 Å². The van der Waals surface area contributed by atoms with Crippen molar-refractivity contribution >= 4 is 28.5 Å². The second kappa shape index (κ2) is 12.9. The molecule has 0 N–H and O–H groups in total. The van der Waals surface area contributed by atoms with Gasteiger partial charge in [0.05, 0.1) is 12.6 Å². The average Bonchev–Trinajstić information content (AvgIpc) is 3.09. The van der Waals surface area contributed by atoms with E-state index in [9.17, 15) is 14.4 Å². The molecule has 0 saturated carbocycles. The first-order chi connectivity index (χ1) is 22.1. The number of imide groups is 1. The lowest BCUT2D eigenvalue weighted by molar-refractivity contribution is -0.134. The molecule has 45 heavy (non-hydrogen) atoms. The van der Waals surface area contributed by atoms with E-state index in [4.69, 9.17) is 0 Å². The molecule has 2 saturated heterocycles. The van der Waals surface area contributed by atoms with Crippen molar-refractivity contribution in [3.63, 3.8) is 0 Å². The van der Waals surface area contributed by atoms with Crippen LogP contribution in [-0.2, 0) is 4.79 Å². The Hall–Kier alpha value is -4.37. The highest BCUT2D eigenvalue weighted by molar-refractivity contribution is 6.25. The van der Waals surface area contributed by atoms with Crippen molar-refractivity contribution in [1.29, 1.82) is 0 Å². The lowest BCUT2D eigenvalue weighted by atomic mass is 9.94. The lowest BCUT2D eigenvalue weighted by Gasteiger charge is -2.41. The van der Waals surface area contributed by atoms with Crippen molar-refractivity contribution in [2.24, 2.45) is 0 Å². The number of nitrogens with zero attached hydrogens (tertiary/aromatic N) is 5. The van der Waals surface area contributed by atoms with Gasteiger partial charge in [-0.3, -0.25) is 34.0 Å². The molecule has 0 atom stereocenters. The number of piperazine rings is 2.